The minimum Gasteiger partial charge on any atom is -0.476 e. The Balaban J connectivity index is 1.54. The highest BCUT2D eigenvalue weighted by Crippen LogP contribution is 2.22. The lowest BCUT2D eigenvalue weighted by atomic mass is 10.1. The Morgan fingerprint density at radius 1 is 1.29 bits per heavy atom. The maximum Gasteiger partial charge on any atom is 0.232 e. The van der Waals surface area contributed by atoms with Crippen LogP contribution < -0.4 is 9.64 Å². The van der Waals surface area contributed by atoms with Crippen molar-refractivity contribution in [3.8, 4) is 11.9 Å². The van der Waals surface area contributed by atoms with Gasteiger partial charge in [0.1, 0.15) is 11.9 Å². The van der Waals surface area contributed by atoms with Gasteiger partial charge in [-0.05, 0) is 18.6 Å². The van der Waals surface area contributed by atoms with Crippen molar-refractivity contribution in [2.45, 2.75) is 6.42 Å². The van der Waals surface area contributed by atoms with Crippen molar-refractivity contribution in [3.63, 3.8) is 0 Å². The Morgan fingerprint density at radius 3 is 2.95 bits per heavy atom. The summed E-state index contributed by atoms with van der Waals surface area (Å²) < 4.78 is 5.65. The predicted octanol–water partition coefficient (Wildman–Crippen LogP) is 1.65. The fraction of sp³-hybridized carbons (Fsp3) is 0.333. The summed E-state index contributed by atoms with van der Waals surface area (Å²) in [6.07, 6.45) is 7.53. The third-order valence-corrected chi connectivity index (χ3v) is 3.49. The average molecular weight is 281 g/mol. The van der Waals surface area contributed by atoms with Crippen LogP contribution in [0, 0.1) is 17.2 Å². The number of hydrogen-bond acceptors (Lipinski definition) is 6. The summed E-state index contributed by atoms with van der Waals surface area (Å²) in [4.78, 5) is 14.6. The molecule has 3 rings (SSSR count). The van der Waals surface area contributed by atoms with Crippen molar-refractivity contribution in [1.29, 1.82) is 5.26 Å². The molecule has 0 N–H and O–H groups in total. The molecule has 1 unspecified atom stereocenters. The molecule has 1 fully saturated rings. The molecule has 1 saturated heterocycles. The number of nitriles is 1. The number of aromatic nitrogens is 3. The highest BCUT2D eigenvalue weighted by Gasteiger charge is 2.24. The second-order valence-electron chi connectivity index (χ2n) is 4.97. The molecule has 0 aliphatic carbocycles. The second-order valence-corrected chi connectivity index (χ2v) is 4.97. The van der Waals surface area contributed by atoms with Crippen LogP contribution in [0.4, 0.5) is 5.82 Å². The van der Waals surface area contributed by atoms with Crippen LogP contribution in [-0.4, -0.2) is 34.6 Å². The molecule has 0 saturated carbocycles. The monoisotopic (exact) mass is 281 g/mol. The zero-order valence-corrected chi connectivity index (χ0v) is 11.5. The molecule has 1 aliphatic rings. The van der Waals surface area contributed by atoms with Crippen LogP contribution >= 0.6 is 0 Å². The van der Waals surface area contributed by atoms with E-state index in [0.717, 1.165) is 25.3 Å². The second kappa shape index (κ2) is 6.18. The van der Waals surface area contributed by atoms with Crippen molar-refractivity contribution in [2.24, 2.45) is 5.92 Å². The summed E-state index contributed by atoms with van der Waals surface area (Å²) in [6, 6.07) is 5.77. The summed E-state index contributed by atoms with van der Waals surface area (Å²) in [7, 11) is 0. The van der Waals surface area contributed by atoms with E-state index in [0.29, 0.717) is 24.0 Å². The van der Waals surface area contributed by atoms with Crippen LogP contribution in [0.5, 0.6) is 5.88 Å². The Morgan fingerprint density at radius 2 is 2.24 bits per heavy atom. The van der Waals surface area contributed by atoms with Gasteiger partial charge in [-0.25, -0.2) is 9.97 Å². The first-order valence-electron chi connectivity index (χ1n) is 6.85. The third kappa shape index (κ3) is 3.26. The first-order valence-corrected chi connectivity index (χ1v) is 6.85. The van der Waals surface area contributed by atoms with Crippen molar-refractivity contribution < 1.29 is 4.74 Å². The Kier molecular flexibility index (Phi) is 3.92. The zero-order chi connectivity index (χ0) is 14.5. The third-order valence-electron chi connectivity index (χ3n) is 3.49. The minimum absolute atomic E-state index is 0.449. The molecule has 0 aromatic carbocycles. The predicted molar refractivity (Wildman–Crippen MR) is 76.8 cm³/mol. The lowest BCUT2D eigenvalue weighted by molar-refractivity contribution is 0.251. The first kappa shape index (κ1) is 13.3. The maximum absolute atomic E-state index is 8.78. The molecule has 0 radical (unpaired) electrons. The molecule has 21 heavy (non-hydrogen) atoms. The van der Waals surface area contributed by atoms with E-state index in [1.165, 1.54) is 0 Å². The van der Waals surface area contributed by atoms with Crippen LogP contribution in [0.15, 0.2) is 36.9 Å². The van der Waals surface area contributed by atoms with Crippen LogP contribution in [0.25, 0.3) is 0 Å². The SMILES string of the molecule is N#Cc1ccc(N2CCC(COc3cnccn3)C2)nc1. The van der Waals surface area contributed by atoms with Gasteiger partial charge in [-0.2, -0.15) is 5.26 Å². The normalized spacial score (nSPS) is 17.5. The smallest absolute Gasteiger partial charge is 0.232 e. The summed E-state index contributed by atoms with van der Waals surface area (Å²) in [6.45, 7) is 2.48. The van der Waals surface area contributed by atoms with E-state index in [4.69, 9.17) is 10.00 Å². The summed E-state index contributed by atoms with van der Waals surface area (Å²) in [5.74, 6) is 1.92. The first-order chi connectivity index (χ1) is 10.3. The number of ether oxygens (including phenoxy) is 1. The number of anilines is 1. The molecule has 1 aliphatic heterocycles. The largest absolute Gasteiger partial charge is 0.476 e. The molecule has 2 aromatic heterocycles. The van der Waals surface area contributed by atoms with Gasteiger partial charge in [-0.15, -0.1) is 0 Å². The number of rotatable bonds is 4. The molecule has 6 nitrogen and oxygen atoms in total. The number of nitrogens with zero attached hydrogens (tertiary/aromatic N) is 5. The quantitative estimate of drug-likeness (QED) is 0.848. The van der Waals surface area contributed by atoms with Crippen LogP contribution in [0.3, 0.4) is 0 Å². The molecule has 2 aromatic rings. The summed E-state index contributed by atoms with van der Waals surface area (Å²) in [5, 5.41) is 8.78. The Hall–Kier alpha value is -2.68. The molecule has 106 valence electrons. The summed E-state index contributed by atoms with van der Waals surface area (Å²) >= 11 is 0. The lowest BCUT2D eigenvalue weighted by Crippen LogP contribution is -2.22. The van der Waals surface area contributed by atoms with Gasteiger partial charge in [0.2, 0.25) is 5.88 Å². The number of pyridine rings is 1. The van der Waals surface area contributed by atoms with Crippen LogP contribution in [0.2, 0.25) is 0 Å². The molecule has 1 atom stereocenters. The van der Waals surface area contributed by atoms with Gasteiger partial charge in [-0.1, -0.05) is 0 Å². The van der Waals surface area contributed by atoms with Crippen LogP contribution in [0.1, 0.15) is 12.0 Å². The van der Waals surface area contributed by atoms with Gasteiger partial charge in [0.05, 0.1) is 18.4 Å². The highest BCUT2D eigenvalue weighted by molar-refractivity contribution is 5.42. The molecule has 6 heteroatoms. The van der Waals surface area contributed by atoms with Gasteiger partial charge in [0.15, 0.2) is 0 Å². The molecular weight excluding hydrogens is 266 g/mol. The van der Waals surface area contributed by atoms with Crippen molar-refractivity contribution in [1.82, 2.24) is 15.0 Å². The van der Waals surface area contributed by atoms with E-state index in [-0.39, 0.29) is 0 Å². The molecule has 0 bridgehead atoms. The topological polar surface area (TPSA) is 74.9 Å². The van der Waals surface area contributed by atoms with E-state index in [9.17, 15) is 0 Å². The van der Waals surface area contributed by atoms with E-state index >= 15 is 0 Å². The zero-order valence-electron chi connectivity index (χ0n) is 11.5. The van der Waals surface area contributed by atoms with Gasteiger partial charge < -0.3 is 9.64 Å². The lowest BCUT2D eigenvalue weighted by Gasteiger charge is -2.17. The maximum atomic E-state index is 8.78. The Bertz CT molecular complexity index is 623. The molecular formula is C15H15N5O. The van der Waals surface area contributed by atoms with Crippen molar-refractivity contribution in [3.05, 3.63) is 42.5 Å². The number of hydrogen-bond donors (Lipinski definition) is 0. The minimum atomic E-state index is 0.449. The van der Waals surface area contributed by atoms with Gasteiger partial charge >= 0.3 is 0 Å². The summed E-state index contributed by atoms with van der Waals surface area (Å²) in [5.41, 5.74) is 0.584. The van der Waals surface area contributed by atoms with Gasteiger partial charge in [0.25, 0.3) is 0 Å². The van der Waals surface area contributed by atoms with E-state index in [1.807, 2.05) is 6.07 Å². The van der Waals surface area contributed by atoms with E-state index in [2.05, 4.69) is 25.9 Å². The van der Waals surface area contributed by atoms with E-state index in [1.54, 1.807) is 30.9 Å². The van der Waals surface area contributed by atoms with Crippen LogP contribution in [-0.2, 0) is 0 Å². The van der Waals surface area contributed by atoms with E-state index < -0.39 is 0 Å². The molecule has 3 heterocycles. The molecule has 0 spiro atoms. The fourth-order valence-corrected chi connectivity index (χ4v) is 2.38. The Labute approximate surface area is 123 Å². The fourth-order valence-electron chi connectivity index (χ4n) is 2.38. The highest BCUT2D eigenvalue weighted by atomic mass is 16.5. The average Bonchev–Trinajstić information content (AvgIpc) is 3.03. The standard InChI is InChI=1S/C15H15N5O/c16-7-12-1-2-14(19-8-12)20-6-3-13(10-20)11-21-15-9-17-4-5-18-15/h1-2,4-5,8-9,13H,3,6,10-11H2. The van der Waals surface area contributed by atoms with Crippen molar-refractivity contribution in [2.75, 3.05) is 24.6 Å². The van der Waals surface area contributed by atoms with Gasteiger partial charge in [-0.3, -0.25) is 4.98 Å². The van der Waals surface area contributed by atoms with Gasteiger partial charge in [0, 0.05) is 37.6 Å². The van der Waals surface area contributed by atoms with Crippen molar-refractivity contribution >= 4 is 5.82 Å². The molecule has 0 amide bonds.